The molecule has 6 nitrogen and oxygen atoms in total. The molecule has 86 valence electrons. The first-order chi connectivity index (χ1) is 7.75. The van der Waals surface area contributed by atoms with E-state index in [-0.39, 0.29) is 12.5 Å². The van der Waals surface area contributed by atoms with E-state index in [0.29, 0.717) is 11.8 Å². The third-order valence-electron chi connectivity index (χ3n) is 3.32. The minimum Gasteiger partial charge on any atom is -0.481 e. The second-order valence-corrected chi connectivity index (χ2v) is 4.76. The molecule has 0 aliphatic heterocycles. The fraction of sp³-hybridized carbons (Fsp3) is 0.800. The normalized spacial score (nSPS) is 22.0. The summed E-state index contributed by atoms with van der Waals surface area (Å²) in [6, 6.07) is -0.0388. The summed E-state index contributed by atoms with van der Waals surface area (Å²) in [6.07, 6.45) is 4.59. The molecular formula is C10H14N4O2. The van der Waals surface area contributed by atoms with Gasteiger partial charge < -0.3 is 5.11 Å². The van der Waals surface area contributed by atoms with Crippen molar-refractivity contribution in [3.8, 4) is 0 Å². The van der Waals surface area contributed by atoms with Crippen molar-refractivity contribution >= 4 is 5.97 Å². The molecule has 3 rings (SSSR count). The van der Waals surface area contributed by atoms with E-state index in [1.807, 2.05) is 0 Å². The molecule has 2 fully saturated rings. The van der Waals surface area contributed by atoms with Gasteiger partial charge in [0.25, 0.3) is 0 Å². The first-order valence-electron chi connectivity index (χ1n) is 5.75. The molecule has 1 atom stereocenters. The summed E-state index contributed by atoms with van der Waals surface area (Å²) in [4.78, 5) is 10.9. The highest BCUT2D eigenvalue weighted by atomic mass is 16.4. The van der Waals surface area contributed by atoms with Crippen LogP contribution in [0.5, 0.6) is 0 Å². The van der Waals surface area contributed by atoms with Gasteiger partial charge in [0.05, 0.1) is 12.5 Å². The maximum Gasteiger partial charge on any atom is 0.305 e. The van der Waals surface area contributed by atoms with Gasteiger partial charge in [-0.3, -0.25) is 4.79 Å². The van der Waals surface area contributed by atoms with E-state index in [2.05, 4.69) is 15.5 Å². The molecule has 2 aliphatic carbocycles. The van der Waals surface area contributed by atoms with Crippen LogP contribution in [0.25, 0.3) is 0 Å². The molecule has 0 saturated heterocycles. The summed E-state index contributed by atoms with van der Waals surface area (Å²) in [5, 5.41) is 20.6. The SMILES string of the molecule is O=C(O)CC(C1CC1)n1nnnc1C1CC1. The molecule has 0 amide bonds. The molecule has 0 aromatic carbocycles. The molecular weight excluding hydrogens is 208 g/mol. The molecule has 16 heavy (non-hydrogen) atoms. The van der Waals surface area contributed by atoms with Crippen molar-refractivity contribution < 1.29 is 9.90 Å². The molecule has 0 spiro atoms. The molecule has 1 heterocycles. The number of hydrogen-bond donors (Lipinski definition) is 1. The van der Waals surface area contributed by atoms with Crippen LogP contribution >= 0.6 is 0 Å². The Morgan fingerprint density at radius 1 is 1.44 bits per heavy atom. The fourth-order valence-electron chi connectivity index (χ4n) is 2.16. The molecule has 0 radical (unpaired) electrons. The van der Waals surface area contributed by atoms with Crippen LogP contribution in [-0.4, -0.2) is 31.3 Å². The minimum absolute atomic E-state index is 0.0388. The zero-order valence-electron chi connectivity index (χ0n) is 8.91. The van der Waals surface area contributed by atoms with Gasteiger partial charge in [0.1, 0.15) is 0 Å². The van der Waals surface area contributed by atoms with Gasteiger partial charge in [0, 0.05) is 5.92 Å². The molecule has 1 unspecified atom stereocenters. The van der Waals surface area contributed by atoms with Crippen LogP contribution in [0, 0.1) is 5.92 Å². The summed E-state index contributed by atoms with van der Waals surface area (Å²) in [7, 11) is 0. The number of tetrazole rings is 1. The van der Waals surface area contributed by atoms with E-state index in [9.17, 15) is 4.79 Å². The van der Waals surface area contributed by atoms with Crippen molar-refractivity contribution in [3.05, 3.63) is 5.82 Å². The lowest BCUT2D eigenvalue weighted by Gasteiger charge is -2.15. The Labute approximate surface area is 92.6 Å². The number of carboxylic acids is 1. The van der Waals surface area contributed by atoms with E-state index in [1.165, 1.54) is 0 Å². The predicted molar refractivity (Wildman–Crippen MR) is 53.8 cm³/mol. The van der Waals surface area contributed by atoms with Gasteiger partial charge in [-0.2, -0.15) is 0 Å². The topological polar surface area (TPSA) is 80.9 Å². The average molecular weight is 222 g/mol. The van der Waals surface area contributed by atoms with E-state index in [1.54, 1.807) is 4.68 Å². The predicted octanol–water partition coefficient (Wildman–Crippen LogP) is 0.976. The van der Waals surface area contributed by atoms with Gasteiger partial charge in [0.15, 0.2) is 5.82 Å². The lowest BCUT2D eigenvalue weighted by Crippen LogP contribution is -2.19. The monoisotopic (exact) mass is 222 g/mol. The fourth-order valence-corrected chi connectivity index (χ4v) is 2.16. The minimum atomic E-state index is -0.769. The molecule has 2 saturated carbocycles. The van der Waals surface area contributed by atoms with Crippen molar-refractivity contribution in [2.45, 2.75) is 44.1 Å². The molecule has 1 N–H and O–H groups in total. The summed E-state index contributed by atoms with van der Waals surface area (Å²) < 4.78 is 1.77. The third-order valence-corrected chi connectivity index (χ3v) is 3.32. The Morgan fingerprint density at radius 3 is 2.75 bits per heavy atom. The molecule has 1 aromatic heterocycles. The standard InChI is InChI=1S/C10H14N4O2/c15-9(16)5-8(6-1-2-6)14-10(7-3-4-7)11-12-13-14/h6-8H,1-5H2,(H,15,16). The number of carbonyl (C=O) groups is 1. The second kappa shape index (κ2) is 3.54. The van der Waals surface area contributed by atoms with Crippen molar-refractivity contribution in [2.24, 2.45) is 5.92 Å². The van der Waals surface area contributed by atoms with Crippen LogP contribution in [-0.2, 0) is 4.79 Å². The van der Waals surface area contributed by atoms with Gasteiger partial charge >= 0.3 is 5.97 Å². The summed E-state index contributed by atoms with van der Waals surface area (Å²) in [6.45, 7) is 0. The Morgan fingerprint density at radius 2 is 2.19 bits per heavy atom. The van der Waals surface area contributed by atoms with Crippen LogP contribution < -0.4 is 0 Å². The van der Waals surface area contributed by atoms with Crippen LogP contribution in [0.3, 0.4) is 0 Å². The Balaban J connectivity index is 1.85. The highest BCUT2D eigenvalue weighted by Gasteiger charge is 2.39. The van der Waals surface area contributed by atoms with Gasteiger partial charge in [-0.1, -0.05) is 0 Å². The summed E-state index contributed by atoms with van der Waals surface area (Å²) in [5.74, 6) is 1.04. The number of aromatic nitrogens is 4. The lowest BCUT2D eigenvalue weighted by atomic mass is 10.1. The first kappa shape index (κ1) is 9.74. The maximum atomic E-state index is 10.9. The first-order valence-corrected chi connectivity index (χ1v) is 5.75. The van der Waals surface area contributed by atoms with Gasteiger partial charge in [-0.25, -0.2) is 4.68 Å². The van der Waals surface area contributed by atoms with E-state index in [0.717, 1.165) is 31.5 Å². The van der Waals surface area contributed by atoms with Gasteiger partial charge in [-0.15, -0.1) is 5.10 Å². The zero-order chi connectivity index (χ0) is 11.1. The highest BCUT2D eigenvalue weighted by Crippen LogP contribution is 2.45. The van der Waals surface area contributed by atoms with E-state index >= 15 is 0 Å². The third kappa shape index (κ3) is 1.79. The molecule has 1 aromatic rings. The Hall–Kier alpha value is -1.46. The van der Waals surface area contributed by atoms with Crippen molar-refractivity contribution in [3.63, 3.8) is 0 Å². The average Bonchev–Trinajstić information content (AvgIpc) is 3.13. The van der Waals surface area contributed by atoms with Gasteiger partial charge in [0.2, 0.25) is 0 Å². The van der Waals surface area contributed by atoms with E-state index in [4.69, 9.17) is 5.11 Å². The van der Waals surface area contributed by atoms with Crippen LogP contribution in [0.15, 0.2) is 0 Å². The quantitative estimate of drug-likeness (QED) is 0.803. The lowest BCUT2D eigenvalue weighted by molar-refractivity contribution is -0.138. The van der Waals surface area contributed by atoms with E-state index < -0.39 is 5.97 Å². The van der Waals surface area contributed by atoms with Gasteiger partial charge in [-0.05, 0) is 42.0 Å². The number of carboxylic acid groups (broad SMARTS) is 1. The van der Waals surface area contributed by atoms with Crippen LogP contribution in [0.4, 0.5) is 0 Å². The van der Waals surface area contributed by atoms with Crippen LogP contribution in [0.2, 0.25) is 0 Å². The number of aliphatic carboxylic acids is 1. The second-order valence-electron chi connectivity index (χ2n) is 4.76. The number of rotatable bonds is 5. The Bertz CT molecular complexity index is 409. The van der Waals surface area contributed by atoms with Crippen LogP contribution in [0.1, 0.15) is 49.9 Å². The zero-order valence-corrected chi connectivity index (χ0v) is 8.91. The number of nitrogens with zero attached hydrogens (tertiary/aromatic N) is 4. The molecule has 2 aliphatic rings. The van der Waals surface area contributed by atoms with Crippen molar-refractivity contribution in [2.75, 3.05) is 0 Å². The molecule has 6 heteroatoms. The number of hydrogen-bond acceptors (Lipinski definition) is 4. The Kier molecular flexibility index (Phi) is 2.15. The van der Waals surface area contributed by atoms with Crippen molar-refractivity contribution in [1.82, 2.24) is 20.2 Å². The summed E-state index contributed by atoms with van der Waals surface area (Å²) in [5.41, 5.74) is 0. The molecule has 0 bridgehead atoms. The smallest absolute Gasteiger partial charge is 0.305 e. The maximum absolute atomic E-state index is 10.9. The largest absolute Gasteiger partial charge is 0.481 e. The summed E-state index contributed by atoms with van der Waals surface area (Å²) >= 11 is 0. The van der Waals surface area contributed by atoms with Crippen molar-refractivity contribution in [1.29, 1.82) is 0 Å². The highest BCUT2D eigenvalue weighted by molar-refractivity contribution is 5.67.